The molecule has 2 heterocycles. The molecule has 1 fully saturated rings. The normalized spacial score (nSPS) is 32.0. The maximum atomic E-state index is 13.2. The molecule has 0 radical (unpaired) electrons. The number of halogens is 1. The monoisotopic (exact) mass is 253 g/mol. The SMILES string of the molecule is NC1CC(C2CCSC2)Oc2ccc(F)cc21. The molecule has 1 aromatic carbocycles. The van der Waals surface area contributed by atoms with Crippen LogP contribution in [0.15, 0.2) is 18.2 Å². The second-order valence-corrected chi connectivity index (χ2v) is 5.95. The molecule has 0 amide bonds. The van der Waals surface area contributed by atoms with Crippen LogP contribution < -0.4 is 10.5 Å². The number of thioether (sulfide) groups is 1. The lowest BCUT2D eigenvalue weighted by atomic mass is 9.90. The lowest BCUT2D eigenvalue weighted by molar-refractivity contribution is 0.110. The minimum Gasteiger partial charge on any atom is -0.490 e. The van der Waals surface area contributed by atoms with E-state index in [9.17, 15) is 4.39 Å². The van der Waals surface area contributed by atoms with Crippen molar-refractivity contribution < 1.29 is 9.13 Å². The number of nitrogens with two attached hydrogens (primary N) is 1. The highest BCUT2D eigenvalue weighted by Crippen LogP contribution is 2.39. The lowest BCUT2D eigenvalue weighted by Crippen LogP contribution is -2.35. The van der Waals surface area contributed by atoms with Crippen molar-refractivity contribution in [3.8, 4) is 5.75 Å². The molecule has 2 N–H and O–H groups in total. The van der Waals surface area contributed by atoms with Gasteiger partial charge in [0.05, 0.1) is 0 Å². The van der Waals surface area contributed by atoms with Gasteiger partial charge in [0.15, 0.2) is 0 Å². The molecular weight excluding hydrogens is 237 g/mol. The van der Waals surface area contributed by atoms with Crippen LogP contribution >= 0.6 is 11.8 Å². The number of benzene rings is 1. The van der Waals surface area contributed by atoms with Crippen molar-refractivity contribution in [3.63, 3.8) is 0 Å². The van der Waals surface area contributed by atoms with Gasteiger partial charge in [0.1, 0.15) is 17.7 Å². The largest absolute Gasteiger partial charge is 0.490 e. The third-order valence-electron chi connectivity index (χ3n) is 3.63. The summed E-state index contributed by atoms with van der Waals surface area (Å²) >= 11 is 1.98. The lowest BCUT2D eigenvalue weighted by Gasteiger charge is -2.33. The van der Waals surface area contributed by atoms with E-state index in [1.165, 1.54) is 24.3 Å². The standard InChI is InChI=1S/C13H16FNOS/c14-9-1-2-12-10(5-9)11(15)6-13(16-12)8-3-4-17-7-8/h1-2,5,8,11,13H,3-4,6-7,15H2. The van der Waals surface area contributed by atoms with E-state index in [0.29, 0.717) is 5.92 Å². The van der Waals surface area contributed by atoms with Crippen LogP contribution in [0.3, 0.4) is 0 Å². The zero-order valence-electron chi connectivity index (χ0n) is 9.56. The molecule has 4 heteroatoms. The van der Waals surface area contributed by atoms with Crippen LogP contribution in [0, 0.1) is 11.7 Å². The van der Waals surface area contributed by atoms with Gasteiger partial charge in [0, 0.05) is 23.9 Å². The molecule has 3 unspecified atom stereocenters. The summed E-state index contributed by atoms with van der Waals surface area (Å²) < 4.78 is 19.1. The summed E-state index contributed by atoms with van der Waals surface area (Å²) in [7, 11) is 0. The molecule has 3 atom stereocenters. The summed E-state index contributed by atoms with van der Waals surface area (Å²) in [6, 6.07) is 4.56. The summed E-state index contributed by atoms with van der Waals surface area (Å²) in [5.41, 5.74) is 6.93. The fraction of sp³-hybridized carbons (Fsp3) is 0.538. The molecule has 1 saturated heterocycles. The van der Waals surface area contributed by atoms with Crippen molar-refractivity contribution in [2.45, 2.75) is 25.0 Å². The average Bonchev–Trinajstić information content (AvgIpc) is 2.83. The summed E-state index contributed by atoms with van der Waals surface area (Å²) in [4.78, 5) is 0. The van der Waals surface area contributed by atoms with Crippen molar-refractivity contribution in [1.29, 1.82) is 0 Å². The van der Waals surface area contributed by atoms with Crippen LogP contribution in [0.4, 0.5) is 4.39 Å². The van der Waals surface area contributed by atoms with E-state index >= 15 is 0 Å². The predicted molar refractivity (Wildman–Crippen MR) is 67.8 cm³/mol. The minimum absolute atomic E-state index is 0.0925. The molecule has 3 rings (SSSR count). The van der Waals surface area contributed by atoms with Crippen molar-refractivity contribution in [2.75, 3.05) is 11.5 Å². The van der Waals surface area contributed by atoms with E-state index in [4.69, 9.17) is 10.5 Å². The Bertz CT molecular complexity index is 420. The smallest absolute Gasteiger partial charge is 0.124 e. The van der Waals surface area contributed by atoms with E-state index in [1.807, 2.05) is 11.8 Å². The van der Waals surface area contributed by atoms with Crippen molar-refractivity contribution in [1.82, 2.24) is 0 Å². The Morgan fingerprint density at radius 3 is 3.06 bits per heavy atom. The van der Waals surface area contributed by atoms with E-state index in [2.05, 4.69) is 0 Å². The van der Waals surface area contributed by atoms with E-state index in [1.54, 1.807) is 6.07 Å². The van der Waals surface area contributed by atoms with Crippen LogP contribution in [0.5, 0.6) is 5.75 Å². The first-order valence-corrected chi connectivity index (χ1v) is 7.19. The quantitative estimate of drug-likeness (QED) is 0.836. The number of hydrogen-bond donors (Lipinski definition) is 1. The molecule has 92 valence electrons. The molecule has 0 bridgehead atoms. The number of fused-ring (bicyclic) bond motifs is 1. The van der Waals surface area contributed by atoms with Crippen molar-refractivity contribution in [3.05, 3.63) is 29.6 Å². The van der Waals surface area contributed by atoms with Gasteiger partial charge >= 0.3 is 0 Å². The Morgan fingerprint density at radius 1 is 1.41 bits per heavy atom. The highest BCUT2D eigenvalue weighted by Gasteiger charge is 2.33. The predicted octanol–water partition coefficient (Wildman–Crippen LogP) is 2.73. The Kier molecular flexibility index (Phi) is 3.01. The van der Waals surface area contributed by atoms with Crippen LogP contribution in [0.25, 0.3) is 0 Å². The third kappa shape index (κ3) is 2.16. The molecule has 2 nitrogen and oxygen atoms in total. The maximum Gasteiger partial charge on any atom is 0.124 e. The summed E-state index contributed by atoms with van der Waals surface area (Å²) in [5.74, 6) is 3.51. The second-order valence-electron chi connectivity index (χ2n) is 4.80. The average molecular weight is 253 g/mol. The van der Waals surface area contributed by atoms with Gasteiger partial charge in [0.2, 0.25) is 0 Å². The Morgan fingerprint density at radius 2 is 2.29 bits per heavy atom. The Labute approximate surface area is 105 Å². The molecule has 2 aliphatic rings. The van der Waals surface area contributed by atoms with Gasteiger partial charge in [-0.05, 0) is 36.1 Å². The zero-order chi connectivity index (χ0) is 11.8. The molecule has 0 aliphatic carbocycles. The highest BCUT2D eigenvalue weighted by molar-refractivity contribution is 7.99. The topological polar surface area (TPSA) is 35.2 Å². The van der Waals surface area contributed by atoms with Gasteiger partial charge in [-0.3, -0.25) is 0 Å². The molecule has 2 aliphatic heterocycles. The first-order valence-electron chi connectivity index (χ1n) is 6.03. The third-order valence-corrected chi connectivity index (χ3v) is 4.81. The summed E-state index contributed by atoms with van der Waals surface area (Å²) in [5, 5.41) is 0. The molecular formula is C13H16FNOS. The number of hydrogen-bond acceptors (Lipinski definition) is 3. The first-order chi connectivity index (χ1) is 8.24. The maximum absolute atomic E-state index is 13.2. The molecule has 0 spiro atoms. The van der Waals surface area contributed by atoms with Gasteiger partial charge in [-0.1, -0.05) is 0 Å². The van der Waals surface area contributed by atoms with Gasteiger partial charge in [0.25, 0.3) is 0 Å². The van der Waals surface area contributed by atoms with Gasteiger partial charge in [-0.2, -0.15) is 11.8 Å². The Hall–Kier alpha value is -0.740. The van der Waals surface area contributed by atoms with Crippen LogP contribution in [0.2, 0.25) is 0 Å². The van der Waals surface area contributed by atoms with Crippen molar-refractivity contribution in [2.24, 2.45) is 11.7 Å². The zero-order valence-corrected chi connectivity index (χ0v) is 10.4. The minimum atomic E-state index is -0.238. The molecule has 1 aromatic rings. The van der Waals surface area contributed by atoms with E-state index < -0.39 is 0 Å². The van der Waals surface area contributed by atoms with Crippen molar-refractivity contribution >= 4 is 11.8 Å². The second kappa shape index (κ2) is 4.50. The fourth-order valence-corrected chi connectivity index (χ4v) is 3.96. The van der Waals surface area contributed by atoms with Gasteiger partial charge < -0.3 is 10.5 Å². The first kappa shape index (κ1) is 11.4. The fourth-order valence-electron chi connectivity index (χ4n) is 2.64. The van der Waals surface area contributed by atoms with Gasteiger partial charge in [-0.25, -0.2) is 4.39 Å². The van der Waals surface area contributed by atoms with Crippen LogP contribution in [-0.4, -0.2) is 17.6 Å². The van der Waals surface area contributed by atoms with Crippen LogP contribution in [0.1, 0.15) is 24.4 Å². The molecule has 0 aromatic heterocycles. The van der Waals surface area contributed by atoms with Gasteiger partial charge in [-0.15, -0.1) is 0 Å². The Balaban J connectivity index is 1.84. The molecule has 0 saturated carbocycles. The van der Waals surface area contributed by atoms with Crippen LogP contribution in [-0.2, 0) is 0 Å². The van der Waals surface area contributed by atoms with E-state index in [0.717, 1.165) is 23.5 Å². The summed E-state index contributed by atoms with van der Waals surface area (Å²) in [6.07, 6.45) is 2.22. The summed E-state index contributed by atoms with van der Waals surface area (Å²) in [6.45, 7) is 0. The number of rotatable bonds is 1. The number of ether oxygens (including phenoxy) is 1. The van der Waals surface area contributed by atoms with E-state index in [-0.39, 0.29) is 18.0 Å². The highest BCUT2D eigenvalue weighted by atomic mass is 32.2. The molecule has 17 heavy (non-hydrogen) atoms.